The van der Waals surface area contributed by atoms with Crippen molar-refractivity contribution < 1.29 is 9.32 Å². The fraction of sp³-hybridized carbons (Fsp3) is 0.0714. The smallest absolute Gasteiger partial charge is 0.274 e. The van der Waals surface area contributed by atoms with Crippen molar-refractivity contribution >= 4 is 39.4 Å². The summed E-state index contributed by atoms with van der Waals surface area (Å²) in [6, 6.07) is 5.66. The SMILES string of the molecule is Cc1cc(NC(=O)c2csc3nc(-c4cccs4)cn23)no1. The van der Waals surface area contributed by atoms with Gasteiger partial charge >= 0.3 is 0 Å². The van der Waals surface area contributed by atoms with Crippen molar-refractivity contribution in [2.75, 3.05) is 5.32 Å². The number of aryl methyl sites for hydroxylation is 1. The van der Waals surface area contributed by atoms with Gasteiger partial charge in [0.05, 0.1) is 4.88 Å². The van der Waals surface area contributed by atoms with E-state index in [0.717, 1.165) is 15.5 Å². The van der Waals surface area contributed by atoms with Crippen LogP contribution in [0.5, 0.6) is 0 Å². The van der Waals surface area contributed by atoms with Gasteiger partial charge in [0.1, 0.15) is 17.1 Å². The molecule has 1 N–H and O–H groups in total. The van der Waals surface area contributed by atoms with Crippen molar-refractivity contribution in [1.82, 2.24) is 14.5 Å². The zero-order valence-electron chi connectivity index (χ0n) is 11.4. The summed E-state index contributed by atoms with van der Waals surface area (Å²) in [5.41, 5.74) is 1.39. The van der Waals surface area contributed by atoms with E-state index in [1.165, 1.54) is 11.3 Å². The Morgan fingerprint density at radius 2 is 2.32 bits per heavy atom. The van der Waals surface area contributed by atoms with E-state index < -0.39 is 0 Å². The number of carbonyl (C=O) groups is 1. The molecule has 8 heteroatoms. The Hall–Kier alpha value is -2.45. The van der Waals surface area contributed by atoms with Gasteiger partial charge in [0.25, 0.3) is 5.91 Å². The molecule has 0 aliphatic heterocycles. The van der Waals surface area contributed by atoms with Crippen LogP contribution in [0.2, 0.25) is 0 Å². The van der Waals surface area contributed by atoms with E-state index in [4.69, 9.17) is 4.52 Å². The number of fused-ring (bicyclic) bond motifs is 1. The molecule has 4 aromatic heterocycles. The molecule has 0 fully saturated rings. The average Bonchev–Trinajstić information content (AvgIpc) is 3.21. The molecule has 110 valence electrons. The Morgan fingerprint density at radius 3 is 3.05 bits per heavy atom. The summed E-state index contributed by atoms with van der Waals surface area (Å²) in [5, 5.41) is 10.3. The number of rotatable bonds is 3. The Balaban J connectivity index is 1.68. The summed E-state index contributed by atoms with van der Waals surface area (Å²) in [4.78, 5) is 18.8. The predicted octanol–water partition coefficient (Wildman–Crippen LogP) is 3.67. The topological polar surface area (TPSA) is 72.4 Å². The van der Waals surface area contributed by atoms with Crippen LogP contribution in [-0.2, 0) is 0 Å². The summed E-state index contributed by atoms with van der Waals surface area (Å²) in [7, 11) is 0. The standard InChI is InChI=1S/C14H10N4O2S2/c1-8-5-12(17-20-8)16-13(19)10-7-22-14-15-9(6-18(10)14)11-3-2-4-21-11/h2-7H,1H3,(H,16,17,19). The van der Waals surface area contributed by atoms with Crippen LogP contribution >= 0.6 is 22.7 Å². The quantitative estimate of drug-likeness (QED) is 0.622. The third-order valence-corrected chi connectivity index (χ3v) is 4.82. The number of anilines is 1. The van der Waals surface area contributed by atoms with Crippen molar-refractivity contribution in [1.29, 1.82) is 0 Å². The molecule has 0 aromatic carbocycles. The highest BCUT2D eigenvalue weighted by atomic mass is 32.1. The summed E-state index contributed by atoms with van der Waals surface area (Å²) in [6.07, 6.45) is 1.88. The number of nitrogens with one attached hydrogen (secondary N) is 1. The lowest BCUT2D eigenvalue weighted by Gasteiger charge is -1.99. The summed E-state index contributed by atoms with van der Waals surface area (Å²) >= 11 is 3.05. The zero-order chi connectivity index (χ0) is 15.1. The minimum absolute atomic E-state index is 0.241. The lowest BCUT2D eigenvalue weighted by atomic mass is 10.4. The van der Waals surface area contributed by atoms with E-state index >= 15 is 0 Å². The van der Waals surface area contributed by atoms with Gasteiger partial charge in [-0.05, 0) is 18.4 Å². The maximum absolute atomic E-state index is 12.4. The molecule has 1 amide bonds. The fourth-order valence-electron chi connectivity index (χ4n) is 2.10. The van der Waals surface area contributed by atoms with Crippen molar-refractivity contribution in [2.24, 2.45) is 0 Å². The molecule has 0 bridgehead atoms. The number of thiophene rings is 1. The minimum Gasteiger partial charge on any atom is -0.360 e. The number of hydrogen-bond donors (Lipinski definition) is 1. The zero-order valence-corrected chi connectivity index (χ0v) is 13.1. The second-order valence-corrected chi connectivity index (χ2v) is 6.44. The highest BCUT2D eigenvalue weighted by Crippen LogP contribution is 2.27. The van der Waals surface area contributed by atoms with Gasteiger partial charge in [-0.1, -0.05) is 11.2 Å². The Labute approximate surface area is 133 Å². The first kappa shape index (κ1) is 13.2. The molecule has 0 aliphatic carbocycles. The van der Waals surface area contributed by atoms with Gasteiger partial charge in [0.2, 0.25) is 0 Å². The number of amides is 1. The van der Waals surface area contributed by atoms with Gasteiger partial charge in [-0.3, -0.25) is 9.20 Å². The molecule has 0 spiro atoms. The molecule has 0 saturated carbocycles. The molecular weight excluding hydrogens is 320 g/mol. The molecule has 4 aromatic rings. The van der Waals surface area contributed by atoms with E-state index in [-0.39, 0.29) is 5.91 Å². The first-order chi connectivity index (χ1) is 10.7. The van der Waals surface area contributed by atoms with Gasteiger partial charge < -0.3 is 9.84 Å². The van der Waals surface area contributed by atoms with Crippen molar-refractivity contribution in [2.45, 2.75) is 6.92 Å². The van der Waals surface area contributed by atoms with Crippen LogP contribution in [0, 0.1) is 6.92 Å². The number of nitrogens with zero attached hydrogens (tertiary/aromatic N) is 3. The second kappa shape index (κ2) is 5.08. The summed E-state index contributed by atoms with van der Waals surface area (Å²) in [5.74, 6) is 0.809. The maximum Gasteiger partial charge on any atom is 0.274 e. The third-order valence-electron chi connectivity index (χ3n) is 3.08. The molecule has 0 atom stereocenters. The second-order valence-electron chi connectivity index (χ2n) is 4.65. The Bertz CT molecular complexity index is 949. The molecule has 6 nitrogen and oxygen atoms in total. The van der Waals surface area contributed by atoms with E-state index in [1.807, 2.05) is 23.7 Å². The normalized spacial score (nSPS) is 11.1. The van der Waals surface area contributed by atoms with Gasteiger partial charge in [-0.2, -0.15) is 0 Å². The number of imidazole rings is 1. The largest absolute Gasteiger partial charge is 0.360 e. The number of hydrogen-bond acceptors (Lipinski definition) is 6. The van der Waals surface area contributed by atoms with Gasteiger partial charge in [-0.25, -0.2) is 4.98 Å². The van der Waals surface area contributed by atoms with E-state index in [9.17, 15) is 4.79 Å². The van der Waals surface area contributed by atoms with E-state index in [0.29, 0.717) is 17.3 Å². The lowest BCUT2D eigenvalue weighted by Crippen LogP contribution is -2.13. The summed E-state index contributed by atoms with van der Waals surface area (Å²) in [6.45, 7) is 1.77. The molecule has 0 radical (unpaired) electrons. The predicted molar refractivity (Wildman–Crippen MR) is 85.6 cm³/mol. The van der Waals surface area contributed by atoms with Gasteiger partial charge in [0, 0.05) is 17.6 Å². The molecule has 4 rings (SSSR count). The first-order valence-electron chi connectivity index (χ1n) is 6.46. The maximum atomic E-state index is 12.4. The minimum atomic E-state index is -0.241. The first-order valence-corrected chi connectivity index (χ1v) is 8.22. The van der Waals surface area contributed by atoms with Crippen LogP contribution in [0.1, 0.15) is 16.2 Å². The van der Waals surface area contributed by atoms with Crippen LogP contribution in [0.25, 0.3) is 15.5 Å². The molecule has 0 saturated heterocycles. The van der Waals surface area contributed by atoms with Crippen LogP contribution < -0.4 is 5.32 Å². The van der Waals surface area contributed by atoms with E-state index in [2.05, 4.69) is 15.5 Å². The molecular formula is C14H10N4O2S2. The van der Waals surface area contributed by atoms with Crippen LogP contribution in [-0.4, -0.2) is 20.4 Å². The van der Waals surface area contributed by atoms with Crippen LogP contribution in [0.4, 0.5) is 5.82 Å². The highest BCUT2D eigenvalue weighted by molar-refractivity contribution is 7.15. The Kier molecular flexibility index (Phi) is 3.05. The van der Waals surface area contributed by atoms with E-state index in [1.54, 1.807) is 34.1 Å². The van der Waals surface area contributed by atoms with Crippen LogP contribution in [0.3, 0.4) is 0 Å². The summed E-state index contributed by atoms with van der Waals surface area (Å²) < 4.78 is 6.74. The third kappa shape index (κ3) is 2.22. The molecule has 22 heavy (non-hydrogen) atoms. The van der Waals surface area contributed by atoms with Gasteiger partial charge in [0.15, 0.2) is 10.8 Å². The number of thiazole rings is 1. The monoisotopic (exact) mass is 330 g/mol. The fourth-order valence-corrected chi connectivity index (χ4v) is 3.63. The lowest BCUT2D eigenvalue weighted by molar-refractivity contribution is 0.102. The molecule has 4 heterocycles. The van der Waals surface area contributed by atoms with Crippen molar-refractivity contribution in [3.05, 3.63) is 46.6 Å². The molecule has 0 aliphatic rings. The highest BCUT2D eigenvalue weighted by Gasteiger charge is 2.16. The number of aromatic nitrogens is 3. The average molecular weight is 330 g/mol. The van der Waals surface area contributed by atoms with Crippen LogP contribution in [0.15, 0.2) is 39.7 Å². The Morgan fingerprint density at radius 1 is 1.41 bits per heavy atom. The molecule has 0 unspecified atom stereocenters. The van der Waals surface area contributed by atoms with Crippen molar-refractivity contribution in [3.63, 3.8) is 0 Å². The number of carbonyl (C=O) groups excluding carboxylic acids is 1. The van der Waals surface area contributed by atoms with Gasteiger partial charge in [-0.15, -0.1) is 22.7 Å². The van der Waals surface area contributed by atoms with Crippen molar-refractivity contribution in [3.8, 4) is 10.6 Å².